The number of carbonyl (C=O) groups excluding carboxylic acids is 1. The van der Waals surface area contributed by atoms with E-state index in [1.165, 1.54) is 135 Å². The van der Waals surface area contributed by atoms with Gasteiger partial charge in [0.05, 0.1) is 139 Å². The van der Waals surface area contributed by atoms with E-state index in [0.29, 0.717) is 145 Å². The zero-order valence-electron chi connectivity index (χ0n) is 41.7. The van der Waals surface area contributed by atoms with Crippen molar-refractivity contribution in [1.29, 1.82) is 0 Å². The first-order valence-corrected chi connectivity index (χ1v) is 26.3. The van der Waals surface area contributed by atoms with E-state index in [2.05, 4.69) is 13.8 Å². The third kappa shape index (κ3) is 59.0. The standard InChI is InChI=1S/C51H102O13/c1-3-5-7-9-11-13-15-16-17-19-21-23-25-27-51(52)64-50-49-63-48-47-62-46-45-61-44-43-60-42-41-59-40-39-58-38-37-57-36-35-56-34-33-55-32-31-54-30-29-53-28-26-24-22-20-18-14-12-10-8-6-4-2/h3-50H2,1-2H3. The summed E-state index contributed by atoms with van der Waals surface area (Å²) in [5.41, 5.74) is 0. The molecule has 0 aliphatic carbocycles. The van der Waals surface area contributed by atoms with Gasteiger partial charge in [0, 0.05) is 13.0 Å². The number of unbranched alkanes of at least 4 members (excludes halogenated alkanes) is 22. The average Bonchev–Trinajstić information content (AvgIpc) is 3.30. The molecular formula is C51H102O13. The highest BCUT2D eigenvalue weighted by atomic mass is 16.6. The minimum absolute atomic E-state index is 0.130. The Balaban J connectivity index is 3.11. The summed E-state index contributed by atoms with van der Waals surface area (Å²) < 4.78 is 66.2. The molecule has 0 aromatic carbocycles. The predicted octanol–water partition coefficient (Wildman–Crippen LogP) is 10.5. The van der Waals surface area contributed by atoms with Crippen LogP contribution in [0.3, 0.4) is 0 Å². The molecule has 0 spiro atoms. The summed E-state index contributed by atoms with van der Waals surface area (Å²) in [6, 6.07) is 0. The molecule has 0 rings (SSSR count). The molecule has 64 heavy (non-hydrogen) atoms. The number of carbonyl (C=O) groups is 1. The van der Waals surface area contributed by atoms with Gasteiger partial charge in [-0.1, -0.05) is 155 Å². The van der Waals surface area contributed by atoms with Gasteiger partial charge in [-0.25, -0.2) is 0 Å². The van der Waals surface area contributed by atoms with Crippen LogP contribution in [0.2, 0.25) is 0 Å². The second-order valence-electron chi connectivity index (χ2n) is 16.5. The van der Waals surface area contributed by atoms with E-state index in [0.717, 1.165) is 25.9 Å². The zero-order chi connectivity index (χ0) is 46.0. The predicted molar refractivity (Wildman–Crippen MR) is 257 cm³/mol. The fraction of sp³-hybridized carbons (Fsp3) is 0.980. The maximum atomic E-state index is 11.9. The Morgan fingerprint density at radius 2 is 0.406 bits per heavy atom. The molecule has 0 atom stereocenters. The molecule has 0 heterocycles. The number of rotatable bonds is 59. The number of hydrogen-bond acceptors (Lipinski definition) is 13. The van der Waals surface area contributed by atoms with Crippen LogP contribution in [0.5, 0.6) is 0 Å². The van der Waals surface area contributed by atoms with Gasteiger partial charge in [0.15, 0.2) is 0 Å². The van der Waals surface area contributed by atoms with E-state index in [9.17, 15) is 4.79 Å². The van der Waals surface area contributed by atoms with E-state index in [4.69, 9.17) is 56.8 Å². The first-order chi connectivity index (χ1) is 31.8. The fourth-order valence-electron chi connectivity index (χ4n) is 6.74. The minimum atomic E-state index is -0.130. The Morgan fingerprint density at radius 1 is 0.219 bits per heavy atom. The van der Waals surface area contributed by atoms with Crippen LogP contribution >= 0.6 is 0 Å². The van der Waals surface area contributed by atoms with Crippen molar-refractivity contribution in [2.75, 3.05) is 152 Å². The van der Waals surface area contributed by atoms with Crippen molar-refractivity contribution in [3.8, 4) is 0 Å². The molecule has 0 N–H and O–H groups in total. The topological polar surface area (TPSA) is 128 Å². The van der Waals surface area contributed by atoms with Gasteiger partial charge in [-0.3, -0.25) is 4.79 Å². The number of esters is 1. The van der Waals surface area contributed by atoms with Crippen molar-refractivity contribution < 1.29 is 61.6 Å². The molecule has 0 aliphatic heterocycles. The van der Waals surface area contributed by atoms with Crippen LogP contribution in [0.25, 0.3) is 0 Å². The fourth-order valence-corrected chi connectivity index (χ4v) is 6.74. The normalized spacial score (nSPS) is 11.6. The Morgan fingerprint density at radius 3 is 0.656 bits per heavy atom. The number of ether oxygens (including phenoxy) is 12. The van der Waals surface area contributed by atoms with Crippen molar-refractivity contribution in [2.45, 2.75) is 174 Å². The van der Waals surface area contributed by atoms with Gasteiger partial charge in [0.1, 0.15) is 6.61 Å². The van der Waals surface area contributed by atoms with Crippen molar-refractivity contribution in [2.24, 2.45) is 0 Å². The zero-order valence-corrected chi connectivity index (χ0v) is 41.7. The average molecular weight is 923 g/mol. The van der Waals surface area contributed by atoms with E-state index >= 15 is 0 Å². The Hall–Kier alpha value is -0.970. The minimum Gasteiger partial charge on any atom is -0.463 e. The van der Waals surface area contributed by atoms with Crippen LogP contribution in [0.4, 0.5) is 0 Å². The number of hydrogen-bond donors (Lipinski definition) is 0. The lowest BCUT2D eigenvalue weighted by molar-refractivity contribution is -0.145. The van der Waals surface area contributed by atoms with E-state index in [1.54, 1.807) is 0 Å². The quantitative estimate of drug-likeness (QED) is 0.0424. The van der Waals surface area contributed by atoms with Gasteiger partial charge in [0.2, 0.25) is 0 Å². The summed E-state index contributed by atoms with van der Waals surface area (Å²) in [6.07, 6.45) is 32.2. The molecule has 0 aromatic rings. The molecular weight excluding hydrogens is 821 g/mol. The lowest BCUT2D eigenvalue weighted by atomic mass is 10.0. The highest BCUT2D eigenvalue weighted by Crippen LogP contribution is 2.14. The maximum Gasteiger partial charge on any atom is 0.305 e. The van der Waals surface area contributed by atoms with Gasteiger partial charge in [-0.2, -0.15) is 0 Å². The van der Waals surface area contributed by atoms with Crippen molar-refractivity contribution in [1.82, 2.24) is 0 Å². The summed E-state index contributed by atoms with van der Waals surface area (Å²) in [7, 11) is 0. The summed E-state index contributed by atoms with van der Waals surface area (Å²) in [6.45, 7) is 16.5. The monoisotopic (exact) mass is 923 g/mol. The van der Waals surface area contributed by atoms with Crippen LogP contribution in [0, 0.1) is 0 Å². The molecule has 13 nitrogen and oxygen atoms in total. The molecule has 0 bridgehead atoms. The Bertz CT molecular complexity index is 840. The van der Waals surface area contributed by atoms with Gasteiger partial charge >= 0.3 is 5.97 Å². The summed E-state index contributed by atoms with van der Waals surface area (Å²) in [5, 5.41) is 0. The molecule has 13 heteroatoms. The van der Waals surface area contributed by atoms with Gasteiger partial charge in [0.25, 0.3) is 0 Å². The maximum absolute atomic E-state index is 11.9. The molecule has 0 radical (unpaired) electrons. The van der Waals surface area contributed by atoms with Gasteiger partial charge in [-0.05, 0) is 12.8 Å². The van der Waals surface area contributed by atoms with Crippen LogP contribution in [-0.2, 0) is 61.6 Å². The summed E-state index contributed by atoms with van der Waals surface area (Å²) >= 11 is 0. The summed E-state index contributed by atoms with van der Waals surface area (Å²) in [4.78, 5) is 11.9. The molecule has 384 valence electrons. The third-order valence-corrected chi connectivity index (χ3v) is 10.6. The SMILES string of the molecule is CCCCCCCCCCCCCCCC(=O)OCCOCCOCCOCCOCCOCCOCCOCCOCCOCCOCCOCCCCCCCCCCCCC. The molecule has 0 aromatic heterocycles. The van der Waals surface area contributed by atoms with Gasteiger partial charge < -0.3 is 56.8 Å². The van der Waals surface area contributed by atoms with Crippen molar-refractivity contribution in [3.63, 3.8) is 0 Å². The van der Waals surface area contributed by atoms with E-state index in [1.807, 2.05) is 0 Å². The smallest absolute Gasteiger partial charge is 0.305 e. The Labute approximate surface area is 393 Å². The van der Waals surface area contributed by atoms with Crippen LogP contribution < -0.4 is 0 Å². The van der Waals surface area contributed by atoms with Crippen LogP contribution in [-0.4, -0.2) is 158 Å². The van der Waals surface area contributed by atoms with Crippen molar-refractivity contribution >= 4 is 5.97 Å². The first-order valence-electron chi connectivity index (χ1n) is 26.3. The first kappa shape index (κ1) is 63.0. The molecule has 0 aliphatic rings. The Kier molecular flexibility index (Phi) is 59.1. The molecule has 0 amide bonds. The van der Waals surface area contributed by atoms with Gasteiger partial charge in [-0.15, -0.1) is 0 Å². The third-order valence-electron chi connectivity index (χ3n) is 10.6. The molecule has 0 unspecified atom stereocenters. The van der Waals surface area contributed by atoms with E-state index < -0.39 is 0 Å². The second kappa shape index (κ2) is 60.0. The largest absolute Gasteiger partial charge is 0.463 e. The molecule has 0 fully saturated rings. The van der Waals surface area contributed by atoms with E-state index in [-0.39, 0.29) is 12.6 Å². The van der Waals surface area contributed by atoms with Crippen molar-refractivity contribution in [3.05, 3.63) is 0 Å². The second-order valence-corrected chi connectivity index (χ2v) is 16.5. The summed E-state index contributed by atoms with van der Waals surface area (Å²) in [5.74, 6) is -0.130. The highest BCUT2D eigenvalue weighted by molar-refractivity contribution is 5.69. The highest BCUT2D eigenvalue weighted by Gasteiger charge is 2.03. The molecule has 0 saturated heterocycles. The molecule has 0 saturated carbocycles. The lowest BCUT2D eigenvalue weighted by Crippen LogP contribution is -2.15. The van der Waals surface area contributed by atoms with Crippen LogP contribution in [0.1, 0.15) is 174 Å². The lowest BCUT2D eigenvalue weighted by Gasteiger charge is -2.09. The van der Waals surface area contributed by atoms with Crippen LogP contribution in [0.15, 0.2) is 0 Å².